The van der Waals surface area contributed by atoms with E-state index in [0.717, 1.165) is 6.04 Å². The molecule has 1 rings (SSSR count). The molecule has 0 aliphatic heterocycles. The second-order valence-electron chi connectivity index (χ2n) is 5.67. The van der Waals surface area contributed by atoms with Crippen molar-refractivity contribution in [3.8, 4) is 0 Å². The minimum Gasteiger partial charge on any atom is -0.311 e. The number of hydrogen-bond donors (Lipinski definition) is 1. The molecule has 2 unspecified atom stereocenters. The van der Waals surface area contributed by atoms with E-state index in [9.17, 15) is 0 Å². The summed E-state index contributed by atoms with van der Waals surface area (Å²) in [5.74, 6) is 0. The second-order valence-corrected chi connectivity index (χ2v) is 5.67. The van der Waals surface area contributed by atoms with Gasteiger partial charge in [-0.1, -0.05) is 40.0 Å². The first-order valence-corrected chi connectivity index (χ1v) is 6.88. The van der Waals surface area contributed by atoms with Crippen LogP contribution in [-0.2, 0) is 0 Å². The van der Waals surface area contributed by atoms with Gasteiger partial charge in [-0.3, -0.25) is 0 Å². The lowest BCUT2D eigenvalue weighted by atomic mass is 9.97. The van der Waals surface area contributed by atoms with E-state index in [-0.39, 0.29) is 0 Å². The maximum absolute atomic E-state index is 3.86. The fourth-order valence-corrected chi connectivity index (χ4v) is 2.29. The largest absolute Gasteiger partial charge is 0.311 e. The smallest absolute Gasteiger partial charge is 0.00951 e. The van der Waals surface area contributed by atoms with Crippen LogP contribution in [0.3, 0.4) is 0 Å². The molecule has 1 heteroatoms. The molecule has 1 N–H and O–H groups in total. The summed E-state index contributed by atoms with van der Waals surface area (Å²) >= 11 is 0. The van der Waals surface area contributed by atoms with E-state index in [1.807, 2.05) is 0 Å². The lowest BCUT2D eigenvalue weighted by Gasteiger charge is -2.27. The molecular formula is C14H29N. The van der Waals surface area contributed by atoms with Crippen LogP contribution in [0.2, 0.25) is 0 Å². The van der Waals surface area contributed by atoms with Gasteiger partial charge >= 0.3 is 0 Å². The highest BCUT2D eigenvalue weighted by Crippen LogP contribution is 2.48. The molecule has 0 aromatic carbocycles. The van der Waals surface area contributed by atoms with Crippen molar-refractivity contribution in [3.05, 3.63) is 0 Å². The Kier molecular flexibility index (Phi) is 5.11. The van der Waals surface area contributed by atoms with Crippen molar-refractivity contribution in [1.29, 1.82) is 0 Å². The van der Waals surface area contributed by atoms with E-state index in [4.69, 9.17) is 0 Å². The Hall–Kier alpha value is -0.0400. The molecule has 0 radical (unpaired) electrons. The van der Waals surface area contributed by atoms with Crippen LogP contribution in [0.15, 0.2) is 0 Å². The third kappa shape index (κ3) is 4.14. The van der Waals surface area contributed by atoms with Crippen LogP contribution in [0.5, 0.6) is 0 Å². The fourth-order valence-electron chi connectivity index (χ4n) is 2.29. The van der Waals surface area contributed by atoms with Crippen LogP contribution >= 0.6 is 0 Å². The van der Waals surface area contributed by atoms with Gasteiger partial charge in [0, 0.05) is 12.1 Å². The maximum Gasteiger partial charge on any atom is 0.00951 e. The van der Waals surface area contributed by atoms with Gasteiger partial charge in [0.15, 0.2) is 0 Å². The first-order chi connectivity index (χ1) is 7.12. The van der Waals surface area contributed by atoms with Crippen LogP contribution in [-0.4, -0.2) is 12.1 Å². The molecule has 0 aromatic rings. The Bertz CT molecular complexity index is 172. The zero-order valence-electron chi connectivity index (χ0n) is 11.1. The van der Waals surface area contributed by atoms with E-state index < -0.39 is 0 Å². The fraction of sp³-hybridized carbons (Fsp3) is 1.00. The summed E-state index contributed by atoms with van der Waals surface area (Å²) in [6.45, 7) is 9.38. The van der Waals surface area contributed by atoms with Gasteiger partial charge in [0.05, 0.1) is 0 Å². The highest BCUT2D eigenvalue weighted by Gasteiger charge is 2.42. The molecule has 0 amide bonds. The molecule has 0 heterocycles. The molecule has 90 valence electrons. The lowest BCUT2D eigenvalue weighted by molar-refractivity contribution is 0.313. The molecule has 0 saturated heterocycles. The SMILES string of the molecule is CCCCC(CCC)NC(C)C1(C)CC1. The first kappa shape index (κ1) is 13.0. The Labute approximate surface area is 96.0 Å². The summed E-state index contributed by atoms with van der Waals surface area (Å²) in [6, 6.07) is 1.48. The van der Waals surface area contributed by atoms with Gasteiger partial charge in [0.1, 0.15) is 0 Å². The van der Waals surface area contributed by atoms with E-state index in [2.05, 4.69) is 33.0 Å². The van der Waals surface area contributed by atoms with E-state index in [0.29, 0.717) is 11.5 Å². The molecule has 0 bridgehead atoms. The molecule has 1 saturated carbocycles. The van der Waals surface area contributed by atoms with Crippen molar-refractivity contribution in [3.63, 3.8) is 0 Å². The van der Waals surface area contributed by atoms with Crippen LogP contribution in [0.1, 0.15) is 72.6 Å². The third-order valence-electron chi connectivity index (χ3n) is 4.11. The van der Waals surface area contributed by atoms with Gasteiger partial charge < -0.3 is 5.32 Å². The molecule has 2 atom stereocenters. The Morgan fingerprint density at radius 2 is 1.80 bits per heavy atom. The van der Waals surface area contributed by atoms with Crippen molar-refractivity contribution >= 4 is 0 Å². The topological polar surface area (TPSA) is 12.0 Å². The number of unbranched alkanes of at least 4 members (excludes halogenated alkanes) is 1. The van der Waals surface area contributed by atoms with Crippen LogP contribution in [0, 0.1) is 5.41 Å². The summed E-state index contributed by atoms with van der Waals surface area (Å²) < 4.78 is 0. The van der Waals surface area contributed by atoms with Gasteiger partial charge in [0.2, 0.25) is 0 Å². The van der Waals surface area contributed by atoms with Gasteiger partial charge in [-0.15, -0.1) is 0 Å². The van der Waals surface area contributed by atoms with Gasteiger partial charge in [-0.25, -0.2) is 0 Å². The molecule has 0 spiro atoms. The lowest BCUT2D eigenvalue weighted by Crippen LogP contribution is -2.41. The summed E-state index contributed by atoms with van der Waals surface area (Å²) in [4.78, 5) is 0. The number of nitrogens with one attached hydrogen (secondary N) is 1. The zero-order valence-corrected chi connectivity index (χ0v) is 11.1. The quantitative estimate of drug-likeness (QED) is 0.637. The van der Waals surface area contributed by atoms with E-state index in [1.165, 1.54) is 44.9 Å². The van der Waals surface area contributed by atoms with Gasteiger partial charge in [0.25, 0.3) is 0 Å². The van der Waals surface area contributed by atoms with Crippen molar-refractivity contribution in [2.24, 2.45) is 5.41 Å². The predicted octanol–water partition coefficient (Wildman–Crippen LogP) is 4.12. The molecule has 0 aromatic heterocycles. The number of rotatable bonds is 8. The average molecular weight is 211 g/mol. The Morgan fingerprint density at radius 1 is 1.13 bits per heavy atom. The van der Waals surface area contributed by atoms with Crippen LogP contribution in [0.25, 0.3) is 0 Å². The van der Waals surface area contributed by atoms with Crippen molar-refractivity contribution in [2.75, 3.05) is 0 Å². The van der Waals surface area contributed by atoms with Crippen LogP contribution in [0.4, 0.5) is 0 Å². The summed E-state index contributed by atoms with van der Waals surface area (Å²) in [7, 11) is 0. The highest BCUT2D eigenvalue weighted by atomic mass is 15.0. The summed E-state index contributed by atoms with van der Waals surface area (Å²) in [6.07, 6.45) is 9.58. The van der Waals surface area contributed by atoms with Crippen molar-refractivity contribution < 1.29 is 0 Å². The van der Waals surface area contributed by atoms with E-state index >= 15 is 0 Å². The minimum atomic E-state index is 0.623. The third-order valence-corrected chi connectivity index (χ3v) is 4.11. The van der Waals surface area contributed by atoms with Crippen molar-refractivity contribution in [1.82, 2.24) is 5.32 Å². The van der Waals surface area contributed by atoms with Crippen LogP contribution < -0.4 is 5.32 Å². The Balaban J connectivity index is 2.29. The molecular weight excluding hydrogens is 182 g/mol. The highest BCUT2D eigenvalue weighted by molar-refractivity contribution is 4.97. The normalized spacial score (nSPS) is 22.4. The average Bonchev–Trinajstić information content (AvgIpc) is 2.94. The Morgan fingerprint density at radius 3 is 2.27 bits per heavy atom. The summed E-state index contributed by atoms with van der Waals surface area (Å²) in [5.41, 5.74) is 0.623. The number of hydrogen-bond acceptors (Lipinski definition) is 1. The predicted molar refractivity (Wildman–Crippen MR) is 68.2 cm³/mol. The van der Waals surface area contributed by atoms with E-state index in [1.54, 1.807) is 0 Å². The molecule has 15 heavy (non-hydrogen) atoms. The minimum absolute atomic E-state index is 0.623. The standard InChI is InChI=1S/C14H29N/c1-5-7-9-13(8-6-2)15-12(3)14(4)10-11-14/h12-13,15H,5-11H2,1-4H3. The first-order valence-electron chi connectivity index (χ1n) is 6.88. The second kappa shape index (κ2) is 5.89. The zero-order chi connectivity index (χ0) is 11.3. The molecule has 1 fully saturated rings. The monoisotopic (exact) mass is 211 g/mol. The summed E-state index contributed by atoms with van der Waals surface area (Å²) in [5, 5.41) is 3.86. The molecule has 1 aliphatic carbocycles. The molecule has 1 aliphatic rings. The van der Waals surface area contributed by atoms with Gasteiger partial charge in [-0.2, -0.15) is 0 Å². The molecule has 1 nitrogen and oxygen atoms in total. The maximum atomic E-state index is 3.86. The van der Waals surface area contributed by atoms with Gasteiger partial charge in [-0.05, 0) is 38.0 Å². The van der Waals surface area contributed by atoms with Crippen molar-refractivity contribution in [2.45, 2.75) is 84.7 Å².